The first kappa shape index (κ1) is 95.1. The van der Waals surface area contributed by atoms with E-state index in [9.17, 15) is 34.0 Å². The molecule has 81 heavy (non-hydrogen) atoms. The molecule has 6 nitrogen and oxygen atoms in total. The van der Waals surface area contributed by atoms with Gasteiger partial charge in [0.15, 0.2) is 29.5 Å². The Kier molecular flexibility index (Phi) is 69.8. The SMILES string of the molecule is C=C(Br)CBr.C=C(Br)CCl.C=C(CBr)CBr.C=C(CCl)CCl.C=C(CCl)CS(=O)(=O)c1ccc(C)cc1.C=C(CS(=O)(=O)c1ccc(C)cc1)CS(=O)(=O)c1ccc(C)cc1.C=C(Cl)CBr.C=C(Cl)CCl.C=C(F)CBr.C=C(F)CCl. The smallest absolute Gasteiger partial charge is 0.182 e. The molecule has 0 saturated heterocycles. The summed E-state index contributed by atoms with van der Waals surface area (Å²) in [5, 5.41) is 4.72. The lowest BCUT2D eigenvalue weighted by Gasteiger charge is -2.09. The lowest BCUT2D eigenvalue weighted by molar-refractivity contribution is 0.594. The zero-order valence-corrected chi connectivity index (χ0v) is 64.6. The molecule has 0 atom stereocenters. The molecule has 3 aromatic carbocycles. The number of aryl methyl sites for hydroxylation is 3. The van der Waals surface area contributed by atoms with Gasteiger partial charge in [0.1, 0.15) is 11.7 Å². The van der Waals surface area contributed by atoms with E-state index in [0.717, 1.165) is 47.2 Å². The Labute approximate surface area is 583 Å². The highest BCUT2D eigenvalue weighted by Gasteiger charge is 2.21. The highest BCUT2D eigenvalue weighted by molar-refractivity contribution is 9.13. The predicted octanol–water partition coefficient (Wildman–Crippen LogP) is 22.1. The number of hydrogen-bond donors (Lipinski definition) is 0. The molecule has 0 heterocycles. The maximum absolute atomic E-state index is 12.4. The van der Waals surface area contributed by atoms with Crippen LogP contribution in [-0.2, 0) is 29.5 Å². The minimum absolute atomic E-state index is 0.0833. The quantitative estimate of drug-likeness (QED) is 0.0825. The van der Waals surface area contributed by atoms with Gasteiger partial charge in [0.2, 0.25) is 0 Å². The van der Waals surface area contributed by atoms with E-state index in [-0.39, 0.29) is 55.5 Å². The van der Waals surface area contributed by atoms with Gasteiger partial charge in [-0.25, -0.2) is 34.0 Å². The molecule has 0 aliphatic heterocycles. The van der Waals surface area contributed by atoms with Crippen LogP contribution in [0.2, 0.25) is 0 Å². The van der Waals surface area contributed by atoms with Crippen LogP contribution >= 0.6 is 204 Å². The van der Waals surface area contributed by atoms with Crippen molar-refractivity contribution in [1.82, 2.24) is 0 Å². The van der Waals surface area contributed by atoms with Crippen LogP contribution in [-0.4, -0.2) is 104 Å². The van der Waals surface area contributed by atoms with Crippen LogP contribution in [0.25, 0.3) is 0 Å². The standard InChI is InChI=1S/C18H20O4S2.C11H13ClO2S.C4H6Br2.C4H6Cl2.C3H4Br2.2C3H4BrCl.C3H4BrF.C3H4Cl2.C3H4ClF/c1-14-4-8-17(9-5-14)23(19,20)12-16(3)13-24(21,22)18-10-6-15(2)7-11-18;1-9-3-5-11(6-4-9)15(13,14)8-10(2)7-12;2*1-4(2-5)3-6;1-3(5)2-4;1-3(4)2-5;4*1-3(5)2-4/h4-11H,3,12-13H2,1-2H3;3-6H,2,7-8H2,1H3;2*1-3H2;6*1-2H2. The third-order valence-corrected chi connectivity index (χ3v) is 20.5. The van der Waals surface area contributed by atoms with Gasteiger partial charge in [0, 0.05) is 53.5 Å². The Morgan fingerprint density at radius 2 is 0.593 bits per heavy atom. The van der Waals surface area contributed by atoms with Crippen molar-refractivity contribution in [1.29, 1.82) is 0 Å². The van der Waals surface area contributed by atoms with Crippen LogP contribution in [0.3, 0.4) is 0 Å². The molecule has 0 spiro atoms. The summed E-state index contributed by atoms with van der Waals surface area (Å²) in [6.45, 7) is 39.6. The van der Waals surface area contributed by atoms with Gasteiger partial charge in [0.25, 0.3) is 0 Å². The summed E-state index contributed by atoms with van der Waals surface area (Å²) in [6.07, 6.45) is 0. The van der Waals surface area contributed by atoms with Crippen LogP contribution in [0.1, 0.15) is 16.7 Å². The maximum atomic E-state index is 12.4. The summed E-state index contributed by atoms with van der Waals surface area (Å²) in [5.74, 6) is 0.221. The van der Waals surface area contributed by atoms with Gasteiger partial charge in [0.05, 0.1) is 54.9 Å². The largest absolute Gasteiger partial charge is 0.223 e. The van der Waals surface area contributed by atoms with Crippen molar-refractivity contribution < 1.29 is 34.0 Å². The second-order valence-corrected chi connectivity index (χ2v) is 29.0. The normalized spacial score (nSPS) is 9.73. The molecule has 462 valence electrons. The van der Waals surface area contributed by atoms with Crippen LogP contribution in [0.15, 0.2) is 206 Å². The van der Waals surface area contributed by atoms with Gasteiger partial charge in [-0.3, -0.25) is 0 Å². The predicted molar refractivity (Wildman–Crippen MR) is 386 cm³/mol. The fourth-order valence-electron chi connectivity index (χ4n) is 3.44. The number of alkyl halides is 11. The van der Waals surface area contributed by atoms with Crippen molar-refractivity contribution in [3.05, 3.63) is 208 Å². The zero-order valence-electron chi connectivity index (χ0n) is 45.0. The molecule has 0 radical (unpaired) electrons. The number of allylic oxidation sites excluding steroid dienone is 8. The Hall–Kier alpha value is 0.450. The summed E-state index contributed by atoms with van der Waals surface area (Å²) in [6, 6.07) is 19.7. The van der Waals surface area contributed by atoms with Crippen molar-refractivity contribution in [2.45, 2.75) is 35.5 Å². The number of sulfone groups is 3. The molecule has 0 aromatic heterocycles. The van der Waals surface area contributed by atoms with Gasteiger partial charge in [-0.2, -0.15) is 0 Å². The lowest BCUT2D eigenvalue weighted by Crippen LogP contribution is -2.16. The Balaban J connectivity index is -0.000000165. The van der Waals surface area contributed by atoms with Gasteiger partial charge < -0.3 is 0 Å². The Morgan fingerprint density at radius 3 is 0.704 bits per heavy atom. The molecule has 0 saturated carbocycles. The first-order chi connectivity index (χ1) is 37.3. The second kappa shape index (κ2) is 59.4. The molecular formula is C55H69Br7Cl8F2O6S3. The van der Waals surface area contributed by atoms with E-state index in [1.165, 1.54) is 29.8 Å². The van der Waals surface area contributed by atoms with Crippen LogP contribution in [0.4, 0.5) is 8.78 Å². The molecule has 0 amide bonds. The van der Waals surface area contributed by atoms with Crippen LogP contribution < -0.4 is 0 Å². The highest BCUT2D eigenvalue weighted by atomic mass is 79.9. The topological polar surface area (TPSA) is 102 Å². The molecule has 3 aromatic rings. The molecule has 0 fully saturated rings. The molecule has 26 heteroatoms. The maximum Gasteiger partial charge on any atom is 0.182 e. The number of hydrogen-bond acceptors (Lipinski definition) is 6. The fraction of sp³-hybridized carbons (Fsp3) is 0.309. The third-order valence-electron chi connectivity index (χ3n) is 7.14. The van der Waals surface area contributed by atoms with Crippen molar-refractivity contribution in [2.75, 3.05) is 79.2 Å². The van der Waals surface area contributed by atoms with Crippen molar-refractivity contribution in [3.63, 3.8) is 0 Å². The van der Waals surface area contributed by atoms with Crippen molar-refractivity contribution in [3.8, 4) is 0 Å². The number of rotatable bonds is 20. The van der Waals surface area contributed by atoms with Gasteiger partial charge >= 0.3 is 0 Å². The summed E-state index contributed by atoms with van der Waals surface area (Å²) >= 11 is 63.3. The van der Waals surface area contributed by atoms with E-state index >= 15 is 0 Å². The van der Waals surface area contributed by atoms with E-state index in [0.29, 0.717) is 49.4 Å². The monoisotopic (exact) mass is 1790 g/mol. The van der Waals surface area contributed by atoms with Gasteiger partial charge in [-0.15, -0.1) is 69.6 Å². The van der Waals surface area contributed by atoms with E-state index in [2.05, 4.69) is 177 Å². The molecule has 0 aliphatic carbocycles. The van der Waals surface area contributed by atoms with Crippen molar-refractivity contribution >= 4 is 234 Å². The summed E-state index contributed by atoms with van der Waals surface area (Å²) in [5.41, 5.74) is 5.65. The molecule has 0 bridgehead atoms. The summed E-state index contributed by atoms with van der Waals surface area (Å²) in [4.78, 5) is 0.656. The van der Waals surface area contributed by atoms with Crippen LogP contribution in [0, 0.1) is 20.8 Å². The average Bonchev–Trinajstić information content (AvgIpc) is 3.41. The van der Waals surface area contributed by atoms with Crippen molar-refractivity contribution in [2.24, 2.45) is 0 Å². The van der Waals surface area contributed by atoms with Gasteiger partial charge in [-0.1, -0.05) is 259 Å². The van der Waals surface area contributed by atoms with E-state index < -0.39 is 35.3 Å². The second-order valence-electron chi connectivity index (χ2n) is 15.3. The Bertz CT molecular complexity index is 2470. The fourth-order valence-corrected chi connectivity index (χ4v) is 9.07. The molecule has 3 rings (SSSR count). The minimum Gasteiger partial charge on any atom is -0.223 e. The first-order valence-electron chi connectivity index (χ1n) is 22.0. The molecular weight excluding hydrogens is 1730 g/mol. The minimum atomic E-state index is -3.60. The van der Waals surface area contributed by atoms with Crippen LogP contribution in [0.5, 0.6) is 0 Å². The molecule has 0 aliphatic rings. The number of benzene rings is 3. The summed E-state index contributed by atoms with van der Waals surface area (Å²) in [7, 11) is -10.5. The molecule has 0 N–H and O–H groups in total. The van der Waals surface area contributed by atoms with E-state index in [1.54, 1.807) is 48.5 Å². The third kappa shape index (κ3) is 67.8. The number of halogens is 17. The van der Waals surface area contributed by atoms with E-state index in [4.69, 9.17) is 92.8 Å². The average molecular weight is 1800 g/mol. The molecule has 0 unspecified atom stereocenters. The zero-order chi connectivity index (χ0) is 65.1. The lowest BCUT2D eigenvalue weighted by atomic mass is 10.2. The first-order valence-corrected chi connectivity index (χ1v) is 38.1. The van der Waals surface area contributed by atoms with Gasteiger partial charge in [-0.05, 0) is 78.4 Å². The highest BCUT2D eigenvalue weighted by Crippen LogP contribution is 2.19. The summed E-state index contributed by atoms with van der Waals surface area (Å²) < 4.78 is 97.2. The Morgan fingerprint density at radius 1 is 0.370 bits per heavy atom. The van der Waals surface area contributed by atoms with E-state index in [1.807, 2.05) is 20.8 Å².